The molecule has 6 heteroatoms. The molecule has 1 aromatic rings. The van der Waals surface area contributed by atoms with Gasteiger partial charge in [-0.05, 0) is 31.6 Å². The molecule has 2 rings (SSSR count). The van der Waals surface area contributed by atoms with Crippen LogP contribution in [-0.2, 0) is 0 Å². The molecule has 17 heavy (non-hydrogen) atoms. The van der Waals surface area contributed by atoms with Crippen LogP contribution in [0.1, 0.15) is 42.4 Å². The summed E-state index contributed by atoms with van der Waals surface area (Å²) in [4.78, 5) is 11.9. The zero-order chi connectivity index (χ0) is 12.3. The monoisotopic (exact) mass is 254 g/mol. The van der Waals surface area contributed by atoms with Gasteiger partial charge in [0.05, 0.1) is 0 Å². The van der Waals surface area contributed by atoms with E-state index in [0.29, 0.717) is 16.2 Å². The molecule has 0 saturated heterocycles. The van der Waals surface area contributed by atoms with Gasteiger partial charge in [0, 0.05) is 13.1 Å². The molecular formula is C11H18N4OS. The Balaban J connectivity index is 1.88. The van der Waals surface area contributed by atoms with Gasteiger partial charge in [-0.3, -0.25) is 4.79 Å². The van der Waals surface area contributed by atoms with Gasteiger partial charge in [0.2, 0.25) is 10.1 Å². The summed E-state index contributed by atoms with van der Waals surface area (Å²) in [5.41, 5.74) is 0. The van der Waals surface area contributed by atoms with Gasteiger partial charge in [0.15, 0.2) is 0 Å². The maximum atomic E-state index is 11.9. The molecule has 0 aromatic carbocycles. The quantitative estimate of drug-likeness (QED) is 0.864. The van der Waals surface area contributed by atoms with Gasteiger partial charge in [-0.25, -0.2) is 0 Å². The van der Waals surface area contributed by atoms with E-state index < -0.39 is 0 Å². The van der Waals surface area contributed by atoms with E-state index in [1.807, 2.05) is 0 Å². The average molecular weight is 254 g/mol. The third-order valence-electron chi connectivity index (χ3n) is 3.18. The predicted molar refractivity (Wildman–Crippen MR) is 68.3 cm³/mol. The van der Waals surface area contributed by atoms with Crippen LogP contribution in [0.3, 0.4) is 0 Å². The van der Waals surface area contributed by atoms with Crippen LogP contribution in [0.25, 0.3) is 0 Å². The molecule has 0 atom stereocenters. The molecule has 0 aliphatic heterocycles. The Morgan fingerprint density at radius 2 is 2.00 bits per heavy atom. The second-order valence-corrected chi connectivity index (χ2v) is 5.57. The SMILES string of the molecule is CNc1nnc(C(=O)NC2CCC(C)CC2)s1. The van der Waals surface area contributed by atoms with Crippen molar-refractivity contribution in [3.05, 3.63) is 5.01 Å². The number of nitrogens with zero attached hydrogens (tertiary/aromatic N) is 2. The maximum Gasteiger partial charge on any atom is 0.282 e. The van der Waals surface area contributed by atoms with Crippen LogP contribution in [0.5, 0.6) is 0 Å². The zero-order valence-corrected chi connectivity index (χ0v) is 11.0. The number of amides is 1. The second kappa shape index (κ2) is 5.44. The third kappa shape index (κ3) is 3.15. The highest BCUT2D eigenvalue weighted by Gasteiger charge is 2.21. The van der Waals surface area contributed by atoms with E-state index in [1.54, 1.807) is 7.05 Å². The Labute approximate surface area is 105 Å². The van der Waals surface area contributed by atoms with E-state index in [0.717, 1.165) is 18.8 Å². The number of hydrogen-bond donors (Lipinski definition) is 2. The first kappa shape index (κ1) is 12.3. The molecule has 0 unspecified atom stereocenters. The first-order chi connectivity index (χ1) is 8.19. The molecule has 94 valence electrons. The molecular weight excluding hydrogens is 236 g/mol. The van der Waals surface area contributed by atoms with Crippen LogP contribution in [0, 0.1) is 5.92 Å². The van der Waals surface area contributed by atoms with E-state index >= 15 is 0 Å². The smallest absolute Gasteiger partial charge is 0.282 e. The Morgan fingerprint density at radius 1 is 1.29 bits per heavy atom. The number of nitrogens with one attached hydrogen (secondary N) is 2. The van der Waals surface area contributed by atoms with Gasteiger partial charge in [0.25, 0.3) is 5.91 Å². The van der Waals surface area contributed by atoms with Crippen molar-refractivity contribution in [1.29, 1.82) is 0 Å². The van der Waals surface area contributed by atoms with Crippen LogP contribution in [0.2, 0.25) is 0 Å². The van der Waals surface area contributed by atoms with Crippen molar-refractivity contribution in [3.63, 3.8) is 0 Å². The van der Waals surface area contributed by atoms with Crippen molar-refractivity contribution in [2.75, 3.05) is 12.4 Å². The minimum Gasteiger partial charge on any atom is -0.363 e. The molecule has 1 aromatic heterocycles. The number of hydrogen-bond acceptors (Lipinski definition) is 5. The van der Waals surface area contributed by atoms with Crippen LogP contribution >= 0.6 is 11.3 Å². The number of anilines is 1. The summed E-state index contributed by atoms with van der Waals surface area (Å²) in [6.07, 6.45) is 4.54. The van der Waals surface area contributed by atoms with Crippen molar-refractivity contribution < 1.29 is 4.79 Å². The number of rotatable bonds is 3. The lowest BCUT2D eigenvalue weighted by molar-refractivity contribution is 0.0922. The van der Waals surface area contributed by atoms with Gasteiger partial charge < -0.3 is 10.6 Å². The van der Waals surface area contributed by atoms with Gasteiger partial charge in [0.1, 0.15) is 0 Å². The fourth-order valence-electron chi connectivity index (χ4n) is 2.07. The molecule has 2 N–H and O–H groups in total. The molecule has 1 heterocycles. The lowest BCUT2D eigenvalue weighted by Gasteiger charge is -2.26. The highest BCUT2D eigenvalue weighted by atomic mass is 32.1. The third-order valence-corrected chi connectivity index (χ3v) is 4.12. The summed E-state index contributed by atoms with van der Waals surface area (Å²) >= 11 is 1.28. The molecule has 1 fully saturated rings. The summed E-state index contributed by atoms with van der Waals surface area (Å²) in [6.45, 7) is 2.27. The first-order valence-electron chi connectivity index (χ1n) is 6.01. The normalized spacial score (nSPS) is 24.4. The molecule has 0 bridgehead atoms. The summed E-state index contributed by atoms with van der Waals surface area (Å²) in [5.74, 6) is 0.698. The standard InChI is InChI=1S/C11H18N4OS/c1-7-3-5-8(6-4-7)13-9(16)10-14-15-11(12-2)17-10/h7-8H,3-6H2,1-2H3,(H,12,15)(H,13,16). The van der Waals surface area contributed by atoms with Crippen LogP contribution < -0.4 is 10.6 Å². The summed E-state index contributed by atoms with van der Waals surface area (Å²) in [6, 6.07) is 0.306. The number of aromatic nitrogens is 2. The topological polar surface area (TPSA) is 66.9 Å². The van der Waals surface area contributed by atoms with Crippen molar-refractivity contribution in [1.82, 2.24) is 15.5 Å². The highest BCUT2D eigenvalue weighted by Crippen LogP contribution is 2.24. The van der Waals surface area contributed by atoms with Gasteiger partial charge >= 0.3 is 0 Å². The summed E-state index contributed by atoms with van der Waals surface area (Å²) < 4.78 is 0. The molecule has 0 radical (unpaired) electrons. The first-order valence-corrected chi connectivity index (χ1v) is 6.83. The minimum absolute atomic E-state index is 0.0939. The van der Waals surface area contributed by atoms with E-state index in [-0.39, 0.29) is 5.91 Å². The molecule has 0 spiro atoms. The van der Waals surface area contributed by atoms with E-state index in [4.69, 9.17) is 0 Å². The maximum absolute atomic E-state index is 11.9. The van der Waals surface area contributed by atoms with Crippen LogP contribution in [0.15, 0.2) is 0 Å². The molecule has 1 amide bonds. The Morgan fingerprint density at radius 3 is 2.59 bits per heavy atom. The van der Waals surface area contributed by atoms with Crippen molar-refractivity contribution in [2.24, 2.45) is 5.92 Å². The van der Waals surface area contributed by atoms with Crippen molar-refractivity contribution in [3.8, 4) is 0 Å². The fraction of sp³-hybridized carbons (Fsp3) is 0.727. The van der Waals surface area contributed by atoms with E-state index in [2.05, 4.69) is 27.8 Å². The number of carbonyl (C=O) groups excluding carboxylic acids is 1. The lowest BCUT2D eigenvalue weighted by Crippen LogP contribution is -2.37. The largest absolute Gasteiger partial charge is 0.363 e. The van der Waals surface area contributed by atoms with E-state index in [9.17, 15) is 4.79 Å². The molecule has 1 aliphatic carbocycles. The Bertz CT molecular complexity index is 385. The van der Waals surface area contributed by atoms with Crippen LogP contribution in [-0.4, -0.2) is 29.2 Å². The van der Waals surface area contributed by atoms with Gasteiger partial charge in [-0.15, -0.1) is 10.2 Å². The summed E-state index contributed by atoms with van der Waals surface area (Å²) in [7, 11) is 1.77. The lowest BCUT2D eigenvalue weighted by atomic mass is 9.87. The Kier molecular flexibility index (Phi) is 3.93. The van der Waals surface area contributed by atoms with Crippen molar-refractivity contribution in [2.45, 2.75) is 38.6 Å². The van der Waals surface area contributed by atoms with Crippen molar-refractivity contribution >= 4 is 22.4 Å². The van der Waals surface area contributed by atoms with Gasteiger partial charge in [-0.1, -0.05) is 18.3 Å². The summed E-state index contributed by atoms with van der Waals surface area (Å²) in [5, 5.41) is 14.7. The van der Waals surface area contributed by atoms with Gasteiger partial charge in [-0.2, -0.15) is 0 Å². The fourth-order valence-corrected chi connectivity index (χ4v) is 2.67. The molecule has 5 nitrogen and oxygen atoms in total. The van der Waals surface area contributed by atoms with E-state index in [1.165, 1.54) is 24.2 Å². The number of carbonyl (C=O) groups is 1. The van der Waals surface area contributed by atoms with Crippen LogP contribution in [0.4, 0.5) is 5.13 Å². The molecule has 1 saturated carbocycles. The minimum atomic E-state index is -0.0939. The second-order valence-electron chi connectivity index (χ2n) is 4.59. The zero-order valence-electron chi connectivity index (χ0n) is 10.2. The predicted octanol–water partition coefficient (Wildman–Crippen LogP) is 1.89. The Hall–Kier alpha value is -1.17. The average Bonchev–Trinajstić information content (AvgIpc) is 2.81. The highest BCUT2D eigenvalue weighted by molar-refractivity contribution is 7.17. The molecule has 1 aliphatic rings.